The number of ether oxygens (including phenoxy) is 1. The summed E-state index contributed by atoms with van der Waals surface area (Å²) < 4.78 is 33.0. The van der Waals surface area contributed by atoms with Crippen molar-refractivity contribution >= 4 is 10.0 Å². The molecule has 0 radical (unpaired) electrons. The second-order valence-corrected chi connectivity index (χ2v) is 7.46. The molecule has 2 aromatic carbocycles. The Hall–Kier alpha value is -1.85. The summed E-state index contributed by atoms with van der Waals surface area (Å²) in [6.07, 6.45) is 0. The van der Waals surface area contributed by atoms with Gasteiger partial charge in [0.1, 0.15) is 5.75 Å². The molecule has 0 saturated carbocycles. The molecule has 0 spiro atoms. The van der Waals surface area contributed by atoms with Crippen molar-refractivity contribution in [3.05, 3.63) is 59.7 Å². The average molecular weight is 319 g/mol. The highest BCUT2D eigenvalue weighted by Crippen LogP contribution is 2.24. The smallest absolute Gasteiger partial charge is 0.241 e. The number of nitrogens with one attached hydrogen (secondary N) is 1. The van der Waals surface area contributed by atoms with Gasteiger partial charge in [-0.2, -0.15) is 0 Å². The number of methoxy groups -OCH3 is 1. The molecule has 0 bridgehead atoms. The third-order valence-corrected chi connectivity index (χ3v) is 5.17. The van der Waals surface area contributed by atoms with Gasteiger partial charge in [-0.1, -0.05) is 35.9 Å². The summed E-state index contributed by atoms with van der Waals surface area (Å²) in [5, 5.41) is 0. The minimum Gasteiger partial charge on any atom is -0.497 e. The fraction of sp³-hybridized carbons (Fsp3) is 0.294. The van der Waals surface area contributed by atoms with Crippen molar-refractivity contribution < 1.29 is 13.2 Å². The van der Waals surface area contributed by atoms with Gasteiger partial charge in [0.25, 0.3) is 0 Å². The molecule has 4 nitrogen and oxygen atoms in total. The number of aryl methyl sites for hydroxylation is 1. The van der Waals surface area contributed by atoms with E-state index in [0.29, 0.717) is 5.75 Å². The fourth-order valence-corrected chi connectivity index (χ4v) is 3.63. The number of hydrogen-bond donors (Lipinski definition) is 1. The van der Waals surface area contributed by atoms with Crippen molar-refractivity contribution in [2.24, 2.45) is 0 Å². The Bertz CT molecular complexity index is 750. The summed E-state index contributed by atoms with van der Waals surface area (Å²) in [4.78, 5) is 0.187. The lowest BCUT2D eigenvalue weighted by Crippen LogP contribution is -2.40. The molecule has 2 aromatic rings. The Morgan fingerprint density at radius 3 is 2.27 bits per heavy atom. The number of benzene rings is 2. The topological polar surface area (TPSA) is 55.4 Å². The monoisotopic (exact) mass is 319 g/mol. The molecule has 0 atom stereocenters. The molecular formula is C17H21NO3S. The minimum absolute atomic E-state index is 0.187. The van der Waals surface area contributed by atoms with Gasteiger partial charge in [0, 0.05) is 6.07 Å². The van der Waals surface area contributed by atoms with E-state index in [9.17, 15) is 8.42 Å². The SMILES string of the molecule is COc1cccc(S(=O)(=O)NC(C)(C)c2ccc(C)cc2)c1. The van der Waals surface area contributed by atoms with Crippen molar-refractivity contribution in [1.82, 2.24) is 4.72 Å². The highest BCUT2D eigenvalue weighted by atomic mass is 32.2. The molecule has 0 unspecified atom stereocenters. The van der Waals surface area contributed by atoms with Crippen LogP contribution in [0.25, 0.3) is 0 Å². The Balaban J connectivity index is 2.32. The maximum absolute atomic E-state index is 12.6. The van der Waals surface area contributed by atoms with Gasteiger partial charge in [0.05, 0.1) is 17.5 Å². The maximum atomic E-state index is 12.6. The van der Waals surface area contributed by atoms with E-state index in [2.05, 4.69) is 4.72 Å². The quantitative estimate of drug-likeness (QED) is 0.920. The van der Waals surface area contributed by atoms with Crippen molar-refractivity contribution in [3.8, 4) is 5.75 Å². The molecule has 0 saturated heterocycles. The molecular weight excluding hydrogens is 298 g/mol. The van der Waals surface area contributed by atoms with E-state index in [4.69, 9.17) is 4.74 Å². The van der Waals surface area contributed by atoms with Gasteiger partial charge >= 0.3 is 0 Å². The zero-order valence-electron chi connectivity index (χ0n) is 13.3. The Morgan fingerprint density at radius 1 is 1.05 bits per heavy atom. The molecule has 0 fully saturated rings. The van der Waals surface area contributed by atoms with Crippen LogP contribution in [0.5, 0.6) is 5.75 Å². The lowest BCUT2D eigenvalue weighted by atomic mass is 9.95. The highest BCUT2D eigenvalue weighted by Gasteiger charge is 2.28. The number of hydrogen-bond acceptors (Lipinski definition) is 3. The van der Waals surface area contributed by atoms with Crippen molar-refractivity contribution in [2.75, 3.05) is 7.11 Å². The van der Waals surface area contributed by atoms with Crippen LogP contribution in [-0.4, -0.2) is 15.5 Å². The Morgan fingerprint density at radius 2 is 1.68 bits per heavy atom. The maximum Gasteiger partial charge on any atom is 0.241 e. The average Bonchev–Trinajstić information content (AvgIpc) is 2.46. The molecule has 5 heteroatoms. The molecule has 0 heterocycles. The molecule has 118 valence electrons. The van der Waals surface area contributed by atoms with Gasteiger partial charge in [-0.15, -0.1) is 0 Å². The van der Waals surface area contributed by atoms with Crippen LogP contribution in [0, 0.1) is 6.92 Å². The van der Waals surface area contributed by atoms with Gasteiger partial charge < -0.3 is 4.74 Å². The molecule has 22 heavy (non-hydrogen) atoms. The third-order valence-electron chi connectivity index (χ3n) is 3.51. The standard InChI is InChI=1S/C17H21NO3S/c1-13-8-10-14(11-9-13)17(2,3)18-22(19,20)16-7-5-6-15(12-16)21-4/h5-12,18H,1-4H3. The van der Waals surface area contributed by atoms with Crippen LogP contribution < -0.4 is 9.46 Å². The lowest BCUT2D eigenvalue weighted by molar-refractivity contribution is 0.413. The Labute approximate surface area is 132 Å². The van der Waals surface area contributed by atoms with E-state index >= 15 is 0 Å². The second kappa shape index (κ2) is 6.10. The summed E-state index contributed by atoms with van der Waals surface area (Å²) in [6, 6.07) is 14.2. The first-order valence-corrected chi connectivity index (χ1v) is 8.48. The summed E-state index contributed by atoms with van der Waals surface area (Å²) in [6.45, 7) is 5.68. The summed E-state index contributed by atoms with van der Waals surface area (Å²) in [7, 11) is -2.13. The predicted molar refractivity (Wildman–Crippen MR) is 87.5 cm³/mol. The van der Waals surface area contributed by atoms with Crippen molar-refractivity contribution in [3.63, 3.8) is 0 Å². The zero-order valence-corrected chi connectivity index (χ0v) is 14.1. The fourth-order valence-electron chi connectivity index (χ4n) is 2.19. The van der Waals surface area contributed by atoms with E-state index in [1.165, 1.54) is 13.2 Å². The largest absolute Gasteiger partial charge is 0.497 e. The van der Waals surface area contributed by atoms with Gasteiger partial charge in [-0.05, 0) is 38.5 Å². The summed E-state index contributed by atoms with van der Waals surface area (Å²) in [5.74, 6) is 0.510. The van der Waals surface area contributed by atoms with E-state index in [0.717, 1.165) is 11.1 Å². The first-order valence-electron chi connectivity index (χ1n) is 7.00. The number of sulfonamides is 1. The molecule has 0 aliphatic rings. The molecule has 1 N–H and O–H groups in total. The Kier molecular flexibility index (Phi) is 4.58. The highest BCUT2D eigenvalue weighted by molar-refractivity contribution is 7.89. The summed E-state index contributed by atoms with van der Waals surface area (Å²) in [5.41, 5.74) is 1.33. The molecule has 0 aliphatic heterocycles. The minimum atomic E-state index is -3.64. The molecule has 2 rings (SSSR count). The first-order chi connectivity index (χ1) is 10.2. The molecule has 0 aromatic heterocycles. The van der Waals surface area contributed by atoms with Gasteiger partial charge in [0.15, 0.2) is 0 Å². The normalized spacial score (nSPS) is 12.2. The predicted octanol–water partition coefficient (Wildman–Crippen LogP) is 3.22. The van der Waals surface area contributed by atoms with E-state index in [-0.39, 0.29) is 4.90 Å². The molecule has 0 amide bonds. The van der Waals surface area contributed by atoms with E-state index < -0.39 is 15.6 Å². The van der Waals surface area contributed by atoms with Gasteiger partial charge in [-0.3, -0.25) is 0 Å². The van der Waals surface area contributed by atoms with Crippen LogP contribution in [0.3, 0.4) is 0 Å². The third kappa shape index (κ3) is 3.67. The van der Waals surface area contributed by atoms with Crippen LogP contribution >= 0.6 is 0 Å². The molecule has 0 aliphatic carbocycles. The van der Waals surface area contributed by atoms with Crippen LogP contribution in [0.15, 0.2) is 53.4 Å². The lowest BCUT2D eigenvalue weighted by Gasteiger charge is -2.26. The van der Waals surface area contributed by atoms with Gasteiger partial charge in [-0.25, -0.2) is 13.1 Å². The first kappa shape index (κ1) is 16.5. The summed E-state index contributed by atoms with van der Waals surface area (Å²) >= 11 is 0. The van der Waals surface area contributed by atoms with Crippen molar-refractivity contribution in [1.29, 1.82) is 0 Å². The van der Waals surface area contributed by atoms with Gasteiger partial charge in [0.2, 0.25) is 10.0 Å². The second-order valence-electron chi connectivity index (χ2n) is 5.78. The zero-order chi connectivity index (χ0) is 16.4. The van der Waals surface area contributed by atoms with E-state index in [1.807, 2.05) is 45.0 Å². The van der Waals surface area contributed by atoms with Crippen molar-refractivity contribution in [2.45, 2.75) is 31.2 Å². The van der Waals surface area contributed by atoms with Crippen LogP contribution in [-0.2, 0) is 15.6 Å². The van der Waals surface area contributed by atoms with E-state index in [1.54, 1.807) is 18.2 Å². The van der Waals surface area contributed by atoms with Crippen LogP contribution in [0.1, 0.15) is 25.0 Å². The number of rotatable bonds is 5. The van der Waals surface area contributed by atoms with Crippen LogP contribution in [0.4, 0.5) is 0 Å². The van der Waals surface area contributed by atoms with Crippen LogP contribution in [0.2, 0.25) is 0 Å².